The number of aliphatic hydroxyl groups is 1. The van der Waals surface area contributed by atoms with Gasteiger partial charge in [-0.25, -0.2) is 0 Å². The average Bonchev–Trinajstić information content (AvgIpc) is 2.26. The highest BCUT2D eigenvalue weighted by molar-refractivity contribution is 5.96. The summed E-state index contributed by atoms with van der Waals surface area (Å²) in [5, 5.41) is 17.2. The molecule has 1 amide bonds. The molecule has 0 bridgehead atoms. The third-order valence-corrected chi connectivity index (χ3v) is 1.72. The molecule has 0 heterocycles. The van der Waals surface area contributed by atoms with Crippen molar-refractivity contribution in [2.45, 2.75) is 0 Å². The van der Waals surface area contributed by atoms with Gasteiger partial charge in [0, 0.05) is 0 Å². The van der Waals surface area contributed by atoms with E-state index in [4.69, 9.17) is 20.8 Å². The van der Waals surface area contributed by atoms with E-state index in [1.807, 2.05) is 6.07 Å². The Bertz CT molecular complexity index is 410. The number of nitrogens with two attached hydrogens (primary N) is 1. The van der Waals surface area contributed by atoms with Gasteiger partial charge in [0.05, 0.1) is 23.8 Å². The predicted octanol–water partition coefficient (Wildman–Crippen LogP) is 0.0283. The van der Waals surface area contributed by atoms with Crippen molar-refractivity contribution in [2.24, 2.45) is 5.73 Å². The van der Waals surface area contributed by atoms with Crippen LogP contribution >= 0.6 is 0 Å². The van der Waals surface area contributed by atoms with Gasteiger partial charge in [-0.1, -0.05) is 0 Å². The van der Waals surface area contributed by atoms with E-state index in [0.29, 0.717) is 5.56 Å². The molecule has 0 aliphatic heterocycles. The number of nitrogens with zero attached hydrogens (tertiary/aromatic N) is 1. The van der Waals surface area contributed by atoms with E-state index in [0.717, 1.165) is 0 Å². The fraction of sp³-hybridized carbons (Fsp3) is 0.200. The quantitative estimate of drug-likeness (QED) is 0.726. The van der Waals surface area contributed by atoms with Crippen molar-refractivity contribution in [3.05, 3.63) is 29.3 Å². The van der Waals surface area contributed by atoms with E-state index in [-0.39, 0.29) is 24.5 Å². The predicted molar refractivity (Wildman–Crippen MR) is 52.3 cm³/mol. The number of ether oxygens (including phenoxy) is 1. The van der Waals surface area contributed by atoms with Crippen LogP contribution in [0.3, 0.4) is 0 Å². The van der Waals surface area contributed by atoms with Gasteiger partial charge >= 0.3 is 0 Å². The fourth-order valence-corrected chi connectivity index (χ4v) is 1.07. The molecule has 5 heteroatoms. The maximum atomic E-state index is 11.0. The molecule has 1 rings (SSSR count). The van der Waals surface area contributed by atoms with E-state index in [9.17, 15) is 4.79 Å². The maximum absolute atomic E-state index is 11.0. The van der Waals surface area contributed by atoms with Crippen LogP contribution in [0.2, 0.25) is 0 Å². The van der Waals surface area contributed by atoms with E-state index >= 15 is 0 Å². The summed E-state index contributed by atoms with van der Waals surface area (Å²) in [6.45, 7) is -0.0790. The highest BCUT2D eigenvalue weighted by atomic mass is 16.5. The van der Waals surface area contributed by atoms with Crippen LogP contribution in [-0.4, -0.2) is 24.2 Å². The molecule has 0 spiro atoms. The van der Waals surface area contributed by atoms with Crippen LogP contribution in [0, 0.1) is 11.3 Å². The minimum absolute atomic E-state index is 0.0756. The first kappa shape index (κ1) is 11.0. The van der Waals surface area contributed by atoms with Crippen LogP contribution in [0.15, 0.2) is 18.2 Å². The third kappa shape index (κ3) is 2.69. The van der Waals surface area contributed by atoms with Gasteiger partial charge in [0.1, 0.15) is 12.4 Å². The van der Waals surface area contributed by atoms with Crippen LogP contribution in [-0.2, 0) is 0 Å². The van der Waals surface area contributed by atoms with Crippen molar-refractivity contribution in [1.29, 1.82) is 5.26 Å². The van der Waals surface area contributed by atoms with Gasteiger partial charge in [-0.15, -0.1) is 0 Å². The molecule has 1 aromatic carbocycles. The molecule has 78 valence electrons. The number of carbonyl (C=O) groups excluding carboxylic acids is 1. The molecule has 3 N–H and O–H groups in total. The van der Waals surface area contributed by atoms with E-state index in [2.05, 4.69) is 0 Å². The highest BCUT2D eigenvalue weighted by Gasteiger charge is 2.10. The van der Waals surface area contributed by atoms with Crippen molar-refractivity contribution >= 4 is 5.91 Å². The second-order valence-electron chi connectivity index (χ2n) is 2.76. The van der Waals surface area contributed by atoms with Crippen LogP contribution in [0.5, 0.6) is 5.75 Å². The molecule has 0 saturated carbocycles. The number of hydrogen-bond acceptors (Lipinski definition) is 4. The number of amides is 1. The Morgan fingerprint density at radius 2 is 2.33 bits per heavy atom. The summed E-state index contributed by atoms with van der Waals surface area (Å²) in [4.78, 5) is 11.0. The molecule has 0 aliphatic carbocycles. The van der Waals surface area contributed by atoms with Crippen LogP contribution < -0.4 is 10.5 Å². The minimum atomic E-state index is -0.667. The normalized spacial score (nSPS) is 9.33. The number of nitriles is 1. The molecular weight excluding hydrogens is 196 g/mol. The van der Waals surface area contributed by atoms with Crippen molar-refractivity contribution in [2.75, 3.05) is 13.2 Å². The second-order valence-corrected chi connectivity index (χ2v) is 2.76. The van der Waals surface area contributed by atoms with Gasteiger partial charge in [0.25, 0.3) is 5.91 Å². The van der Waals surface area contributed by atoms with E-state index in [1.165, 1.54) is 18.2 Å². The first-order valence-corrected chi connectivity index (χ1v) is 4.26. The molecule has 0 atom stereocenters. The summed E-state index contributed by atoms with van der Waals surface area (Å²) in [6, 6.07) is 6.24. The highest BCUT2D eigenvalue weighted by Crippen LogP contribution is 2.19. The number of aliphatic hydroxyl groups excluding tert-OH is 1. The van der Waals surface area contributed by atoms with Crippen LogP contribution in [0.4, 0.5) is 0 Å². The van der Waals surface area contributed by atoms with Gasteiger partial charge in [0.15, 0.2) is 0 Å². The molecule has 15 heavy (non-hydrogen) atoms. The summed E-state index contributed by atoms with van der Waals surface area (Å²) in [7, 11) is 0. The summed E-state index contributed by atoms with van der Waals surface area (Å²) in [6.07, 6.45) is 0. The standard InChI is InChI=1S/C10H10N2O3/c11-6-7-1-2-9(15-4-3-13)8(5-7)10(12)14/h1-2,5,13H,3-4H2,(H2,12,14). The lowest BCUT2D eigenvalue weighted by atomic mass is 10.1. The number of rotatable bonds is 4. The Hall–Kier alpha value is -2.06. The van der Waals surface area contributed by atoms with Crippen molar-refractivity contribution in [3.8, 4) is 11.8 Å². The summed E-state index contributed by atoms with van der Waals surface area (Å²) in [5.41, 5.74) is 5.59. The zero-order valence-electron chi connectivity index (χ0n) is 7.93. The Labute approximate surface area is 86.7 Å². The van der Waals surface area contributed by atoms with E-state index in [1.54, 1.807) is 0 Å². The van der Waals surface area contributed by atoms with Crippen LogP contribution in [0.1, 0.15) is 15.9 Å². The minimum Gasteiger partial charge on any atom is -0.490 e. The van der Waals surface area contributed by atoms with Gasteiger partial charge in [-0.05, 0) is 18.2 Å². The van der Waals surface area contributed by atoms with Gasteiger partial charge in [0.2, 0.25) is 0 Å². The first-order chi connectivity index (χ1) is 7.19. The molecule has 1 aromatic rings. The smallest absolute Gasteiger partial charge is 0.252 e. The largest absolute Gasteiger partial charge is 0.490 e. The lowest BCUT2D eigenvalue weighted by Crippen LogP contribution is -2.14. The van der Waals surface area contributed by atoms with E-state index < -0.39 is 5.91 Å². The lowest BCUT2D eigenvalue weighted by molar-refractivity contribution is 0.0994. The molecule has 0 unspecified atom stereocenters. The number of carbonyl (C=O) groups is 1. The number of hydrogen-bond donors (Lipinski definition) is 2. The first-order valence-electron chi connectivity index (χ1n) is 4.26. The average molecular weight is 206 g/mol. The van der Waals surface area contributed by atoms with Crippen LogP contribution in [0.25, 0.3) is 0 Å². The Balaban J connectivity index is 3.05. The molecule has 0 aromatic heterocycles. The maximum Gasteiger partial charge on any atom is 0.252 e. The Kier molecular flexibility index (Phi) is 3.66. The molecule has 5 nitrogen and oxygen atoms in total. The van der Waals surface area contributed by atoms with Crippen molar-refractivity contribution in [3.63, 3.8) is 0 Å². The Morgan fingerprint density at radius 1 is 1.60 bits per heavy atom. The monoisotopic (exact) mass is 206 g/mol. The zero-order chi connectivity index (χ0) is 11.3. The van der Waals surface area contributed by atoms with Gasteiger partial charge < -0.3 is 15.6 Å². The number of benzene rings is 1. The third-order valence-electron chi connectivity index (χ3n) is 1.72. The molecule has 0 saturated heterocycles. The summed E-state index contributed by atoms with van der Waals surface area (Å²) in [5.74, 6) is -0.393. The Morgan fingerprint density at radius 3 is 2.87 bits per heavy atom. The zero-order valence-corrected chi connectivity index (χ0v) is 7.93. The summed E-state index contributed by atoms with van der Waals surface area (Å²) < 4.78 is 5.09. The van der Waals surface area contributed by atoms with Crippen molar-refractivity contribution in [1.82, 2.24) is 0 Å². The SMILES string of the molecule is N#Cc1ccc(OCCO)c(C(N)=O)c1. The molecule has 0 fully saturated rings. The van der Waals surface area contributed by atoms with Gasteiger partial charge in [-0.2, -0.15) is 5.26 Å². The molecular formula is C10H10N2O3. The summed E-state index contributed by atoms with van der Waals surface area (Å²) >= 11 is 0. The topological polar surface area (TPSA) is 96.3 Å². The second kappa shape index (κ2) is 4.98. The molecule has 0 radical (unpaired) electrons. The lowest BCUT2D eigenvalue weighted by Gasteiger charge is -2.08. The molecule has 0 aliphatic rings. The van der Waals surface area contributed by atoms with Crippen molar-refractivity contribution < 1.29 is 14.6 Å². The van der Waals surface area contributed by atoms with Gasteiger partial charge in [-0.3, -0.25) is 4.79 Å². The fourth-order valence-electron chi connectivity index (χ4n) is 1.07. The number of primary amides is 1.